The number of benzene rings is 1. The van der Waals surface area contributed by atoms with E-state index in [1.807, 2.05) is 13.8 Å². The lowest BCUT2D eigenvalue weighted by Crippen LogP contribution is -2.48. The lowest BCUT2D eigenvalue weighted by atomic mass is 9.79. The first kappa shape index (κ1) is 10.6. The molecule has 0 radical (unpaired) electrons. The SMILES string of the molecule is [2H]c1c(OC)c(OC)c([2H])c2c1C1CC(O)C(CC(C)C)CN1C([2H])([2H])C2([2H])[2H]. The van der Waals surface area contributed by atoms with E-state index in [1.165, 1.54) is 19.1 Å². The molecule has 2 aliphatic heterocycles. The maximum absolute atomic E-state index is 10.8. The molecular formula is C19H29NO3. The number of hydrogen-bond acceptors (Lipinski definition) is 4. The molecule has 3 atom stereocenters. The van der Waals surface area contributed by atoms with Crippen LogP contribution in [0.5, 0.6) is 11.5 Å². The van der Waals surface area contributed by atoms with Crippen LogP contribution in [0, 0.1) is 11.8 Å². The summed E-state index contributed by atoms with van der Waals surface area (Å²) in [6.07, 6.45) is -2.39. The molecule has 4 nitrogen and oxygen atoms in total. The van der Waals surface area contributed by atoms with Gasteiger partial charge in [-0.1, -0.05) is 13.8 Å². The predicted molar refractivity (Wildman–Crippen MR) is 91.1 cm³/mol. The van der Waals surface area contributed by atoms with Gasteiger partial charge in [0.15, 0.2) is 11.5 Å². The minimum atomic E-state index is -2.55. The maximum atomic E-state index is 10.8. The fraction of sp³-hybridized carbons (Fsp3) is 0.684. The number of aliphatic hydroxyl groups excluding tert-OH is 1. The molecule has 0 bridgehead atoms. The average molecular weight is 325 g/mol. The van der Waals surface area contributed by atoms with Crippen LogP contribution in [0.2, 0.25) is 0 Å². The third kappa shape index (κ3) is 3.20. The number of methoxy groups -OCH3 is 2. The number of aliphatic hydroxyl groups is 1. The number of ether oxygens (including phenoxy) is 2. The minimum Gasteiger partial charge on any atom is -0.493 e. The highest BCUT2D eigenvalue weighted by Crippen LogP contribution is 2.43. The second kappa shape index (κ2) is 6.70. The number of piperidine rings is 1. The molecule has 23 heavy (non-hydrogen) atoms. The van der Waals surface area contributed by atoms with Gasteiger partial charge < -0.3 is 14.6 Å². The Bertz CT molecular complexity index is 801. The Hall–Kier alpha value is -1.26. The number of nitrogens with zero attached hydrogens (tertiary/aromatic N) is 1. The van der Waals surface area contributed by atoms with Crippen molar-refractivity contribution >= 4 is 0 Å². The molecule has 1 N–H and O–H groups in total. The summed E-state index contributed by atoms with van der Waals surface area (Å²) in [5.41, 5.74) is 0.00994. The van der Waals surface area contributed by atoms with Gasteiger partial charge in [0.2, 0.25) is 0 Å². The van der Waals surface area contributed by atoms with E-state index in [2.05, 4.69) is 0 Å². The van der Waals surface area contributed by atoms with E-state index in [0.717, 1.165) is 0 Å². The monoisotopic (exact) mass is 325 g/mol. The van der Waals surface area contributed by atoms with E-state index in [9.17, 15) is 5.11 Å². The highest BCUT2D eigenvalue weighted by atomic mass is 16.5. The van der Waals surface area contributed by atoms with Gasteiger partial charge >= 0.3 is 0 Å². The molecule has 0 aliphatic carbocycles. The summed E-state index contributed by atoms with van der Waals surface area (Å²) in [6, 6.07) is -1.17. The zero-order valence-corrected chi connectivity index (χ0v) is 14.1. The molecule has 1 aromatic rings. The van der Waals surface area contributed by atoms with Crippen molar-refractivity contribution in [1.29, 1.82) is 0 Å². The highest BCUT2D eigenvalue weighted by Gasteiger charge is 2.38. The molecule has 128 valence electrons. The molecule has 0 saturated carbocycles. The Morgan fingerprint density at radius 1 is 1.35 bits per heavy atom. The van der Waals surface area contributed by atoms with Gasteiger partial charge in [0.25, 0.3) is 0 Å². The summed E-state index contributed by atoms with van der Waals surface area (Å²) >= 11 is 0. The van der Waals surface area contributed by atoms with Crippen molar-refractivity contribution in [3.8, 4) is 11.5 Å². The Balaban J connectivity index is 2.26. The summed E-state index contributed by atoms with van der Waals surface area (Å²) in [5.74, 6) is 0.0528. The average Bonchev–Trinajstić information content (AvgIpc) is 2.62. The van der Waals surface area contributed by atoms with Gasteiger partial charge in [0.05, 0.1) is 23.1 Å². The van der Waals surface area contributed by atoms with Crippen LogP contribution in [0.3, 0.4) is 0 Å². The largest absolute Gasteiger partial charge is 0.493 e. The second-order valence-electron chi connectivity index (χ2n) is 6.70. The van der Waals surface area contributed by atoms with E-state index >= 15 is 0 Å². The van der Waals surface area contributed by atoms with E-state index in [0.29, 0.717) is 12.3 Å². The summed E-state index contributed by atoms with van der Waals surface area (Å²) in [4.78, 5) is 1.43. The minimum absolute atomic E-state index is 0.0215. The maximum Gasteiger partial charge on any atom is 0.161 e. The van der Waals surface area contributed by atoms with Gasteiger partial charge in [-0.15, -0.1) is 0 Å². The van der Waals surface area contributed by atoms with Crippen molar-refractivity contribution in [1.82, 2.24) is 4.90 Å². The predicted octanol–water partition coefficient (Wildman–Crippen LogP) is 3.03. The fourth-order valence-corrected chi connectivity index (χ4v) is 3.53. The molecule has 1 aromatic carbocycles. The molecule has 3 unspecified atom stereocenters. The Kier molecular flexibility index (Phi) is 3.08. The molecule has 0 aromatic heterocycles. The van der Waals surface area contributed by atoms with Crippen LogP contribution in [-0.4, -0.2) is 43.4 Å². The third-order valence-electron chi connectivity index (χ3n) is 4.62. The standard InChI is InChI=1S/C19H29NO3/c1-12(2)7-14-11-20-6-5-13-8-18(22-3)19(23-4)9-15(13)16(20)10-17(14)21/h8-9,12,14,16-17,21H,5-7,10-11H2,1-4H3/i5D2,6D2,8D,9D. The van der Waals surface area contributed by atoms with Gasteiger partial charge in [-0.3, -0.25) is 4.90 Å². The summed E-state index contributed by atoms with van der Waals surface area (Å²) < 4.78 is 62.1. The number of fused-ring (bicyclic) bond motifs is 3. The quantitative estimate of drug-likeness (QED) is 0.924. The zero-order valence-electron chi connectivity index (χ0n) is 20.1. The number of hydrogen-bond donors (Lipinski definition) is 1. The number of rotatable bonds is 4. The van der Waals surface area contributed by atoms with Crippen LogP contribution in [0.4, 0.5) is 0 Å². The molecule has 2 aliphatic rings. The van der Waals surface area contributed by atoms with E-state index in [1.54, 1.807) is 0 Å². The van der Waals surface area contributed by atoms with Crippen molar-refractivity contribution in [2.24, 2.45) is 11.8 Å². The molecular weight excluding hydrogens is 290 g/mol. The Morgan fingerprint density at radius 2 is 2.04 bits per heavy atom. The first-order valence-electron chi connectivity index (χ1n) is 11.1. The van der Waals surface area contributed by atoms with Gasteiger partial charge in [-0.25, -0.2) is 0 Å². The highest BCUT2D eigenvalue weighted by molar-refractivity contribution is 5.49. The van der Waals surface area contributed by atoms with Gasteiger partial charge in [-0.05, 0) is 54.3 Å². The van der Waals surface area contributed by atoms with Gasteiger partial charge in [0, 0.05) is 24.6 Å². The summed E-state index contributed by atoms with van der Waals surface area (Å²) in [5, 5.41) is 10.8. The van der Waals surface area contributed by atoms with Crippen LogP contribution in [0.1, 0.15) is 52.1 Å². The normalized spacial score (nSPS) is 35.7. The van der Waals surface area contributed by atoms with Crippen LogP contribution in [-0.2, 0) is 6.37 Å². The van der Waals surface area contributed by atoms with Crippen molar-refractivity contribution in [2.75, 3.05) is 27.3 Å². The molecule has 0 amide bonds. The fourth-order valence-electron chi connectivity index (χ4n) is 3.53. The topological polar surface area (TPSA) is 41.9 Å². The Labute approximate surface area is 147 Å². The zero-order chi connectivity index (χ0) is 21.9. The summed E-state index contributed by atoms with van der Waals surface area (Å²) in [6.45, 7) is 1.83. The smallest absolute Gasteiger partial charge is 0.161 e. The molecule has 1 fully saturated rings. The molecule has 4 heteroatoms. The first-order valence-corrected chi connectivity index (χ1v) is 8.10. The van der Waals surface area contributed by atoms with Crippen LogP contribution >= 0.6 is 0 Å². The van der Waals surface area contributed by atoms with E-state index in [-0.39, 0.29) is 53.6 Å². The molecule has 2 heterocycles. The van der Waals surface area contributed by atoms with E-state index < -0.39 is 25.0 Å². The summed E-state index contributed by atoms with van der Waals surface area (Å²) in [7, 11) is 2.66. The van der Waals surface area contributed by atoms with Crippen LogP contribution in [0.25, 0.3) is 0 Å². The third-order valence-corrected chi connectivity index (χ3v) is 4.62. The lowest BCUT2D eigenvalue weighted by molar-refractivity contribution is -0.0191. The van der Waals surface area contributed by atoms with Gasteiger partial charge in [0.1, 0.15) is 0 Å². The first-order chi connectivity index (χ1) is 13.4. The van der Waals surface area contributed by atoms with E-state index in [4.69, 9.17) is 17.7 Å². The van der Waals surface area contributed by atoms with Crippen molar-refractivity contribution < 1.29 is 22.8 Å². The Morgan fingerprint density at radius 3 is 2.70 bits per heavy atom. The molecule has 0 spiro atoms. The van der Waals surface area contributed by atoms with Crippen molar-refractivity contribution in [2.45, 2.75) is 45.2 Å². The van der Waals surface area contributed by atoms with Crippen LogP contribution < -0.4 is 9.47 Å². The van der Waals surface area contributed by atoms with Gasteiger partial charge in [-0.2, -0.15) is 0 Å². The van der Waals surface area contributed by atoms with Crippen molar-refractivity contribution in [3.63, 3.8) is 0 Å². The second-order valence-corrected chi connectivity index (χ2v) is 6.70. The molecule has 3 rings (SSSR count). The molecule has 1 saturated heterocycles. The van der Waals surface area contributed by atoms with Crippen molar-refractivity contribution in [3.05, 3.63) is 23.2 Å². The van der Waals surface area contributed by atoms with Crippen LogP contribution in [0.15, 0.2) is 12.1 Å². The lowest BCUT2D eigenvalue weighted by Gasteiger charge is -2.46.